The molecule has 2 heterocycles. The van der Waals surface area contributed by atoms with Crippen molar-refractivity contribution in [3.05, 3.63) is 62.5 Å². The van der Waals surface area contributed by atoms with E-state index in [-0.39, 0.29) is 17.4 Å². The molecule has 1 aromatic carbocycles. The van der Waals surface area contributed by atoms with Crippen molar-refractivity contribution in [3.63, 3.8) is 0 Å². The van der Waals surface area contributed by atoms with Gasteiger partial charge in [-0.2, -0.15) is 0 Å². The lowest BCUT2D eigenvalue weighted by atomic mass is 9.97. The number of hydrogen-bond acceptors (Lipinski definition) is 4. The molecule has 1 aliphatic rings. The van der Waals surface area contributed by atoms with Crippen molar-refractivity contribution in [2.45, 2.75) is 51.4 Å². The Morgan fingerprint density at radius 3 is 2.86 bits per heavy atom. The van der Waals surface area contributed by atoms with Crippen LogP contribution in [0.15, 0.2) is 35.1 Å². The summed E-state index contributed by atoms with van der Waals surface area (Å²) in [6.07, 6.45) is 5.11. The van der Waals surface area contributed by atoms with Gasteiger partial charge in [0.2, 0.25) is 5.91 Å². The smallest absolute Gasteiger partial charge is 0.259 e. The monoisotopic (exact) mass is 395 g/mol. The van der Waals surface area contributed by atoms with Crippen molar-refractivity contribution in [1.29, 1.82) is 0 Å². The highest BCUT2D eigenvalue weighted by Gasteiger charge is 2.20. The number of nitrogens with zero attached hydrogens (tertiary/aromatic N) is 1. The lowest BCUT2D eigenvalue weighted by molar-refractivity contribution is -0.121. The SMILES string of the molecule is C[C@H](CNC(=O)CCc1nc2sc3c(c2c(=O)[nH]1)CCCC3)c1ccccc1. The molecule has 2 aromatic heterocycles. The minimum Gasteiger partial charge on any atom is -0.355 e. The van der Waals surface area contributed by atoms with Crippen LogP contribution in [0.2, 0.25) is 0 Å². The van der Waals surface area contributed by atoms with E-state index in [1.165, 1.54) is 22.4 Å². The predicted molar refractivity (Wildman–Crippen MR) is 113 cm³/mol. The van der Waals surface area contributed by atoms with Crippen LogP contribution in [0.25, 0.3) is 10.2 Å². The van der Waals surface area contributed by atoms with E-state index in [0.717, 1.165) is 29.5 Å². The van der Waals surface area contributed by atoms with Crippen molar-refractivity contribution >= 4 is 27.5 Å². The first-order valence-corrected chi connectivity index (χ1v) is 10.8. The first-order chi connectivity index (χ1) is 13.6. The number of aromatic nitrogens is 2. The number of carbonyl (C=O) groups is 1. The van der Waals surface area contributed by atoms with E-state index in [9.17, 15) is 9.59 Å². The van der Waals surface area contributed by atoms with Crippen molar-refractivity contribution in [1.82, 2.24) is 15.3 Å². The summed E-state index contributed by atoms with van der Waals surface area (Å²) in [5.41, 5.74) is 2.35. The fourth-order valence-electron chi connectivity index (χ4n) is 3.81. The number of amides is 1. The molecule has 5 nitrogen and oxygen atoms in total. The lowest BCUT2D eigenvalue weighted by Gasteiger charge is -2.13. The third-order valence-corrected chi connectivity index (χ3v) is 6.62. The number of rotatable bonds is 6. The van der Waals surface area contributed by atoms with Crippen LogP contribution in [0, 0.1) is 0 Å². The Balaban J connectivity index is 1.37. The van der Waals surface area contributed by atoms with Crippen LogP contribution in [0.1, 0.15) is 53.9 Å². The van der Waals surface area contributed by atoms with Crippen LogP contribution >= 0.6 is 11.3 Å². The Morgan fingerprint density at radius 2 is 2.04 bits per heavy atom. The van der Waals surface area contributed by atoms with Crippen LogP contribution in [0.4, 0.5) is 0 Å². The second-order valence-corrected chi connectivity index (χ2v) is 8.60. The number of thiophene rings is 1. The van der Waals surface area contributed by atoms with Gasteiger partial charge in [0.1, 0.15) is 10.7 Å². The third kappa shape index (κ3) is 4.02. The maximum absolute atomic E-state index is 12.6. The molecule has 0 saturated carbocycles. The fourth-order valence-corrected chi connectivity index (χ4v) is 5.09. The van der Waals surface area contributed by atoms with E-state index in [2.05, 4.69) is 34.3 Å². The van der Waals surface area contributed by atoms with E-state index >= 15 is 0 Å². The van der Waals surface area contributed by atoms with Gasteiger partial charge in [0.25, 0.3) is 5.56 Å². The summed E-state index contributed by atoms with van der Waals surface area (Å²) in [6.45, 7) is 2.70. The molecule has 28 heavy (non-hydrogen) atoms. The summed E-state index contributed by atoms with van der Waals surface area (Å²) in [5, 5.41) is 3.75. The largest absolute Gasteiger partial charge is 0.355 e. The minimum atomic E-state index is -0.0579. The van der Waals surface area contributed by atoms with Gasteiger partial charge in [-0.1, -0.05) is 37.3 Å². The standard InChI is InChI=1S/C22H25N3O2S/c1-14(15-7-3-2-4-8-15)13-23-19(26)12-11-18-24-21(27)20-16-9-5-6-10-17(16)28-22(20)25-18/h2-4,7-8,14H,5-6,9-13H2,1H3,(H,23,26)(H,24,25,27)/t14-/m1/s1. The number of benzene rings is 1. The predicted octanol–water partition coefficient (Wildman–Crippen LogP) is 3.72. The van der Waals surface area contributed by atoms with Gasteiger partial charge in [0.05, 0.1) is 5.39 Å². The zero-order chi connectivity index (χ0) is 19.5. The van der Waals surface area contributed by atoms with Gasteiger partial charge in [-0.3, -0.25) is 9.59 Å². The van der Waals surface area contributed by atoms with Crippen molar-refractivity contribution in [2.24, 2.45) is 0 Å². The molecular weight excluding hydrogens is 370 g/mol. The number of hydrogen-bond donors (Lipinski definition) is 2. The molecule has 0 unspecified atom stereocenters. The molecule has 0 spiro atoms. The van der Waals surface area contributed by atoms with Crippen LogP contribution in [-0.2, 0) is 24.1 Å². The van der Waals surface area contributed by atoms with Gasteiger partial charge in [-0.15, -0.1) is 11.3 Å². The number of fused-ring (bicyclic) bond motifs is 3. The van der Waals surface area contributed by atoms with Gasteiger partial charge >= 0.3 is 0 Å². The van der Waals surface area contributed by atoms with Crippen molar-refractivity contribution < 1.29 is 4.79 Å². The molecule has 146 valence electrons. The normalized spacial score (nSPS) is 14.6. The summed E-state index contributed by atoms with van der Waals surface area (Å²) in [4.78, 5) is 34.5. The fraction of sp³-hybridized carbons (Fsp3) is 0.409. The van der Waals surface area contributed by atoms with Crippen LogP contribution < -0.4 is 10.9 Å². The molecule has 0 radical (unpaired) electrons. The Hall–Kier alpha value is -2.47. The highest BCUT2D eigenvalue weighted by atomic mass is 32.1. The van der Waals surface area contributed by atoms with Crippen LogP contribution in [0.5, 0.6) is 0 Å². The Morgan fingerprint density at radius 1 is 1.25 bits per heavy atom. The molecule has 3 aromatic rings. The van der Waals surface area contributed by atoms with Crippen molar-refractivity contribution in [3.8, 4) is 0 Å². The van der Waals surface area contributed by atoms with E-state index in [1.807, 2.05) is 18.2 Å². The summed E-state index contributed by atoms with van der Waals surface area (Å²) in [7, 11) is 0. The lowest BCUT2D eigenvalue weighted by Crippen LogP contribution is -2.28. The Bertz CT molecular complexity index is 1040. The second-order valence-electron chi connectivity index (χ2n) is 7.52. The topological polar surface area (TPSA) is 74.8 Å². The summed E-state index contributed by atoms with van der Waals surface area (Å²) in [6, 6.07) is 10.1. The maximum Gasteiger partial charge on any atom is 0.259 e. The van der Waals surface area contributed by atoms with Crippen LogP contribution in [0.3, 0.4) is 0 Å². The number of aryl methyl sites for hydroxylation is 3. The number of H-pyrrole nitrogens is 1. The first kappa shape index (κ1) is 18.9. The molecule has 0 bridgehead atoms. The van der Waals surface area contributed by atoms with Gasteiger partial charge in [0, 0.05) is 24.3 Å². The van der Waals surface area contributed by atoms with Crippen molar-refractivity contribution in [2.75, 3.05) is 6.54 Å². The van der Waals surface area contributed by atoms with Crippen LogP contribution in [-0.4, -0.2) is 22.4 Å². The van der Waals surface area contributed by atoms with E-state index < -0.39 is 0 Å². The highest BCUT2D eigenvalue weighted by molar-refractivity contribution is 7.18. The van der Waals surface area contributed by atoms with Gasteiger partial charge in [-0.25, -0.2) is 4.98 Å². The molecule has 0 saturated heterocycles. The third-order valence-electron chi connectivity index (χ3n) is 5.44. The zero-order valence-corrected chi connectivity index (χ0v) is 16.9. The van der Waals surface area contributed by atoms with E-state index in [0.29, 0.717) is 25.2 Å². The molecular formula is C22H25N3O2S. The summed E-state index contributed by atoms with van der Waals surface area (Å²) < 4.78 is 0. The Labute approximate surface area is 168 Å². The average molecular weight is 396 g/mol. The maximum atomic E-state index is 12.6. The number of carbonyl (C=O) groups excluding carboxylic acids is 1. The van der Waals surface area contributed by atoms with Gasteiger partial charge in [0.15, 0.2) is 0 Å². The molecule has 0 aliphatic heterocycles. The average Bonchev–Trinajstić information content (AvgIpc) is 3.10. The van der Waals surface area contributed by atoms with E-state index in [1.54, 1.807) is 11.3 Å². The van der Waals surface area contributed by atoms with Gasteiger partial charge < -0.3 is 10.3 Å². The molecule has 1 atom stereocenters. The molecule has 2 N–H and O–H groups in total. The summed E-state index contributed by atoms with van der Waals surface area (Å²) >= 11 is 1.64. The number of nitrogens with one attached hydrogen (secondary N) is 2. The Kier molecular flexibility index (Phi) is 5.57. The molecule has 1 aliphatic carbocycles. The van der Waals surface area contributed by atoms with E-state index in [4.69, 9.17) is 0 Å². The summed E-state index contributed by atoms with van der Waals surface area (Å²) in [5.74, 6) is 0.843. The molecule has 0 fully saturated rings. The highest BCUT2D eigenvalue weighted by Crippen LogP contribution is 2.33. The molecule has 6 heteroatoms. The van der Waals surface area contributed by atoms with Gasteiger partial charge in [-0.05, 0) is 42.7 Å². The minimum absolute atomic E-state index is 0.0176. The number of aromatic amines is 1. The second kappa shape index (κ2) is 8.27. The molecule has 1 amide bonds. The zero-order valence-electron chi connectivity index (χ0n) is 16.1. The quantitative estimate of drug-likeness (QED) is 0.668. The molecule has 4 rings (SSSR count). The first-order valence-electron chi connectivity index (χ1n) is 9.97.